The van der Waals surface area contributed by atoms with Crippen molar-refractivity contribution in [3.63, 3.8) is 0 Å². The number of nitrogens with zero attached hydrogens (tertiary/aromatic N) is 1. The number of nitrogens with one attached hydrogen (secondary N) is 3. The van der Waals surface area contributed by atoms with Crippen LogP contribution in [-0.2, 0) is 47.7 Å². The molecule has 0 saturated carbocycles. The Morgan fingerprint density at radius 3 is 1.72 bits per heavy atom. The van der Waals surface area contributed by atoms with Gasteiger partial charge in [0.25, 0.3) is 5.91 Å². The monoisotopic (exact) mass is 766 g/mol. The van der Waals surface area contributed by atoms with Gasteiger partial charge in [0.1, 0.15) is 25.5 Å². The fourth-order valence-corrected chi connectivity index (χ4v) is 4.87. The van der Waals surface area contributed by atoms with Gasteiger partial charge in [0.15, 0.2) is 0 Å². The number of hydrogen-bond donors (Lipinski definition) is 5. The number of carboxylic acid groups (broad SMARTS) is 2. The van der Waals surface area contributed by atoms with Crippen LogP contribution in [0, 0.1) is 0 Å². The van der Waals surface area contributed by atoms with Crippen LogP contribution >= 0.6 is 0 Å². The predicted octanol–water partition coefficient (Wildman–Crippen LogP) is 2.10. The molecule has 1 aromatic carbocycles. The van der Waals surface area contributed by atoms with E-state index in [2.05, 4.69) is 16.0 Å². The van der Waals surface area contributed by atoms with Crippen molar-refractivity contribution >= 4 is 47.5 Å². The van der Waals surface area contributed by atoms with E-state index in [0.29, 0.717) is 24.1 Å². The van der Waals surface area contributed by atoms with E-state index in [1.807, 2.05) is 0 Å². The summed E-state index contributed by atoms with van der Waals surface area (Å²) < 4.78 is 21.3. The molecule has 1 atom stereocenters. The van der Waals surface area contributed by atoms with Gasteiger partial charge in [-0.2, -0.15) is 0 Å². The quantitative estimate of drug-likeness (QED) is 0.0500. The van der Waals surface area contributed by atoms with Gasteiger partial charge in [-0.15, -0.1) is 0 Å². The van der Waals surface area contributed by atoms with Gasteiger partial charge in [0.05, 0.1) is 39.6 Å². The first kappa shape index (κ1) is 47.6. The summed E-state index contributed by atoms with van der Waals surface area (Å²) in [6.07, 6.45) is 8.03. The van der Waals surface area contributed by atoms with Crippen molar-refractivity contribution in [3.8, 4) is 0 Å². The maximum atomic E-state index is 12.2. The Morgan fingerprint density at radius 1 is 0.648 bits per heavy atom. The summed E-state index contributed by atoms with van der Waals surface area (Å²) >= 11 is 0. The second-order valence-electron chi connectivity index (χ2n) is 12.4. The molecule has 0 saturated heterocycles. The van der Waals surface area contributed by atoms with Crippen LogP contribution in [0.25, 0.3) is 0 Å². The normalized spacial score (nSPS) is 11.4. The van der Waals surface area contributed by atoms with Crippen LogP contribution in [0.15, 0.2) is 24.3 Å². The number of carbonyl (C=O) groups is 7. The summed E-state index contributed by atoms with van der Waals surface area (Å²) in [5.74, 6) is -3.30. The second kappa shape index (κ2) is 31.0. The van der Waals surface area contributed by atoms with Crippen molar-refractivity contribution < 1.29 is 62.7 Å². The summed E-state index contributed by atoms with van der Waals surface area (Å²) in [5, 5.41) is 25.8. The van der Waals surface area contributed by atoms with E-state index in [-0.39, 0.29) is 115 Å². The third kappa shape index (κ3) is 25.5. The Kier molecular flexibility index (Phi) is 27.3. The zero-order valence-electron chi connectivity index (χ0n) is 31.4. The number of rotatable bonds is 34. The maximum absolute atomic E-state index is 12.2. The van der Waals surface area contributed by atoms with Gasteiger partial charge >= 0.3 is 11.9 Å². The Labute approximate surface area is 316 Å². The van der Waals surface area contributed by atoms with E-state index in [1.54, 1.807) is 31.3 Å². The first-order valence-electron chi connectivity index (χ1n) is 18.4. The molecular weight excluding hydrogens is 708 g/mol. The molecule has 0 aliphatic heterocycles. The number of benzene rings is 1. The van der Waals surface area contributed by atoms with Crippen LogP contribution in [0.3, 0.4) is 0 Å². The number of hydrogen-bond acceptors (Lipinski definition) is 11. The lowest BCUT2D eigenvalue weighted by atomic mass is 10.1. The van der Waals surface area contributed by atoms with Gasteiger partial charge in [-0.3, -0.25) is 28.8 Å². The smallest absolute Gasteiger partial charge is 0.326 e. The third-order valence-corrected chi connectivity index (χ3v) is 7.97. The minimum absolute atomic E-state index is 0.0471. The molecule has 1 rings (SSSR count). The lowest BCUT2D eigenvalue weighted by Crippen LogP contribution is -2.41. The average molecular weight is 767 g/mol. The molecule has 4 amide bonds. The van der Waals surface area contributed by atoms with Crippen LogP contribution in [0.1, 0.15) is 87.4 Å². The molecule has 17 nitrogen and oxygen atoms in total. The van der Waals surface area contributed by atoms with E-state index >= 15 is 0 Å². The molecule has 1 aromatic rings. The number of aldehydes is 1. The van der Waals surface area contributed by atoms with Gasteiger partial charge in [-0.25, -0.2) is 4.79 Å². The predicted molar refractivity (Wildman–Crippen MR) is 197 cm³/mol. The zero-order valence-corrected chi connectivity index (χ0v) is 31.4. The minimum Gasteiger partial charge on any atom is -0.481 e. The molecule has 17 heteroatoms. The van der Waals surface area contributed by atoms with Crippen molar-refractivity contribution in [1.82, 2.24) is 16.0 Å². The molecule has 0 unspecified atom stereocenters. The standard InChI is InChI=1S/C37H58N4O13/c1-41(30-14-12-29(26-42)13-15-30)35(46)28-54-25-23-52-21-19-39-34(45)27-53-24-22-51-20-18-38-32(43)17-16-31(37(49)50)40-33(44)10-8-6-4-2-3-5-7-9-11-36(47)48/h12-15,26,31H,2-11,16-25,27-28H2,1H3,(H,38,43)(H,39,45)(H,40,44)(H,47,48)(H,49,50)/t31-/m0/s1. The van der Waals surface area contributed by atoms with Crippen molar-refractivity contribution in [2.75, 3.05) is 77.9 Å². The number of anilines is 1. The number of carboxylic acids is 2. The van der Waals surface area contributed by atoms with Gasteiger partial charge in [0.2, 0.25) is 17.7 Å². The largest absolute Gasteiger partial charge is 0.481 e. The summed E-state index contributed by atoms with van der Waals surface area (Å²) in [6.45, 7) is 1.37. The van der Waals surface area contributed by atoms with E-state index in [9.17, 15) is 38.7 Å². The van der Waals surface area contributed by atoms with Crippen molar-refractivity contribution in [1.29, 1.82) is 0 Å². The molecule has 304 valence electrons. The number of carbonyl (C=O) groups excluding carboxylic acids is 5. The fourth-order valence-electron chi connectivity index (χ4n) is 4.87. The van der Waals surface area contributed by atoms with Crippen LogP contribution in [0.5, 0.6) is 0 Å². The van der Waals surface area contributed by atoms with E-state index in [1.165, 1.54) is 4.90 Å². The number of unbranched alkanes of at least 4 members (excludes halogenated alkanes) is 7. The van der Waals surface area contributed by atoms with Crippen LogP contribution in [0.4, 0.5) is 5.69 Å². The lowest BCUT2D eigenvalue weighted by Gasteiger charge is -2.17. The lowest BCUT2D eigenvalue weighted by molar-refractivity contribution is -0.142. The molecule has 0 aliphatic rings. The van der Waals surface area contributed by atoms with Gasteiger partial charge < -0.3 is 50.0 Å². The highest BCUT2D eigenvalue weighted by Crippen LogP contribution is 2.13. The fraction of sp³-hybridized carbons (Fsp3) is 0.649. The van der Waals surface area contributed by atoms with E-state index < -0.39 is 18.0 Å². The Morgan fingerprint density at radius 2 is 1.17 bits per heavy atom. The maximum Gasteiger partial charge on any atom is 0.326 e. The second-order valence-corrected chi connectivity index (χ2v) is 12.4. The Balaban J connectivity index is 1.96. The molecule has 0 bridgehead atoms. The van der Waals surface area contributed by atoms with Crippen molar-refractivity contribution in [2.45, 2.75) is 83.1 Å². The third-order valence-electron chi connectivity index (χ3n) is 7.97. The Bertz CT molecular complexity index is 1260. The van der Waals surface area contributed by atoms with E-state index in [4.69, 9.17) is 24.1 Å². The average Bonchev–Trinajstić information content (AvgIpc) is 3.15. The highest BCUT2D eigenvalue weighted by Gasteiger charge is 2.21. The number of ether oxygens (including phenoxy) is 4. The van der Waals surface area contributed by atoms with Gasteiger partial charge in [-0.1, -0.05) is 38.5 Å². The van der Waals surface area contributed by atoms with Crippen LogP contribution in [-0.4, -0.2) is 131 Å². The molecule has 0 aromatic heterocycles. The number of aliphatic carboxylic acids is 2. The molecule has 0 heterocycles. The van der Waals surface area contributed by atoms with Gasteiger partial charge in [-0.05, 0) is 43.5 Å². The minimum atomic E-state index is -1.21. The topological polar surface area (TPSA) is 236 Å². The zero-order chi connectivity index (χ0) is 39.8. The summed E-state index contributed by atoms with van der Waals surface area (Å²) in [5.41, 5.74) is 1.16. The number of amides is 4. The molecule has 0 aliphatic carbocycles. The highest BCUT2D eigenvalue weighted by atomic mass is 16.5. The summed E-state index contributed by atoms with van der Waals surface area (Å²) in [7, 11) is 1.61. The molecule has 5 N–H and O–H groups in total. The van der Waals surface area contributed by atoms with Gasteiger partial charge in [0, 0.05) is 50.7 Å². The van der Waals surface area contributed by atoms with Crippen molar-refractivity contribution in [3.05, 3.63) is 29.8 Å². The SMILES string of the molecule is CN(C(=O)COCCOCCNC(=O)COCCOCCNC(=O)CC[C@H](NC(=O)CCCCCCCCCCC(=O)O)C(=O)O)c1ccc(C=O)cc1. The number of likely N-dealkylation sites (N-methyl/N-ethyl adjacent to an activating group) is 1. The van der Waals surface area contributed by atoms with Crippen molar-refractivity contribution in [2.24, 2.45) is 0 Å². The molecule has 0 radical (unpaired) electrons. The Hall–Kier alpha value is -4.45. The summed E-state index contributed by atoms with van der Waals surface area (Å²) in [6, 6.07) is 5.43. The first-order chi connectivity index (χ1) is 26.0. The van der Waals surface area contributed by atoms with Crippen LogP contribution in [0.2, 0.25) is 0 Å². The van der Waals surface area contributed by atoms with E-state index in [0.717, 1.165) is 44.8 Å². The highest BCUT2D eigenvalue weighted by molar-refractivity contribution is 5.94. The molecular formula is C37H58N4O13. The molecule has 54 heavy (non-hydrogen) atoms. The molecule has 0 spiro atoms. The first-order valence-corrected chi connectivity index (χ1v) is 18.4. The van der Waals surface area contributed by atoms with Crippen LogP contribution < -0.4 is 20.9 Å². The summed E-state index contributed by atoms with van der Waals surface area (Å²) in [4.78, 5) is 82.7. The molecule has 0 fully saturated rings.